The summed E-state index contributed by atoms with van der Waals surface area (Å²) in [5, 5.41) is 23.7. The standard InChI is InChI=1S/C19H15ClN8OS/c20-15-6-8-16(9-7-15)28-19(25-26-27-28)30-12-17(29)23-21-10-14-11-22-24-18(14)13-4-2-1-3-5-13/h1-11H,12H2,(H,22,24)(H,23,29). The van der Waals surface area contributed by atoms with Gasteiger partial charge in [0, 0.05) is 16.1 Å². The van der Waals surface area contributed by atoms with E-state index in [4.69, 9.17) is 11.6 Å². The van der Waals surface area contributed by atoms with Gasteiger partial charge in [-0.2, -0.15) is 14.9 Å². The van der Waals surface area contributed by atoms with Gasteiger partial charge in [0.05, 0.1) is 29.5 Å². The zero-order valence-electron chi connectivity index (χ0n) is 15.4. The third-order valence-electron chi connectivity index (χ3n) is 3.97. The number of H-pyrrole nitrogens is 1. The molecule has 0 radical (unpaired) electrons. The smallest absolute Gasteiger partial charge is 0.250 e. The molecule has 0 bridgehead atoms. The predicted octanol–water partition coefficient (Wildman–Crippen LogP) is 2.95. The van der Waals surface area contributed by atoms with Gasteiger partial charge in [-0.05, 0) is 34.7 Å². The lowest BCUT2D eigenvalue weighted by Gasteiger charge is -2.04. The molecule has 0 saturated carbocycles. The fourth-order valence-electron chi connectivity index (χ4n) is 2.58. The monoisotopic (exact) mass is 438 g/mol. The molecule has 0 aliphatic heterocycles. The van der Waals surface area contributed by atoms with Crippen molar-refractivity contribution in [3.05, 3.63) is 71.4 Å². The lowest BCUT2D eigenvalue weighted by molar-refractivity contribution is -0.118. The molecule has 0 atom stereocenters. The van der Waals surface area contributed by atoms with Crippen LogP contribution in [0, 0.1) is 0 Å². The van der Waals surface area contributed by atoms with E-state index in [0.717, 1.165) is 22.5 Å². The number of benzene rings is 2. The Morgan fingerprint density at radius 2 is 2.00 bits per heavy atom. The molecule has 2 heterocycles. The van der Waals surface area contributed by atoms with Crippen LogP contribution in [0.15, 0.2) is 71.1 Å². The minimum absolute atomic E-state index is 0.0994. The Hall–Kier alpha value is -3.50. The molecule has 150 valence electrons. The van der Waals surface area contributed by atoms with Gasteiger partial charge < -0.3 is 0 Å². The van der Waals surface area contributed by atoms with E-state index in [9.17, 15) is 4.79 Å². The van der Waals surface area contributed by atoms with E-state index in [0.29, 0.717) is 10.2 Å². The fourth-order valence-corrected chi connectivity index (χ4v) is 3.39. The largest absolute Gasteiger partial charge is 0.277 e. The molecule has 1 amide bonds. The van der Waals surface area contributed by atoms with Crippen LogP contribution >= 0.6 is 23.4 Å². The van der Waals surface area contributed by atoms with Crippen molar-refractivity contribution in [2.24, 2.45) is 5.10 Å². The number of thioether (sulfide) groups is 1. The molecule has 0 aliphatic carbocycles. The summed E-state index contributed by atoms with van der Waals surface area (Å²) >= 11 is 7.11. The molecule has 0 aliphatic rings. The molecule has 9 nitrogen and oxygen atoms in total. The number of tetrazole rings is 1. The zero-order valence-corrected chi connectivity index (χ0v) is 17.0. The Kier molecular flexibility index (Phi) is 6.16. The molecule has 0 spiro atoms. The fraction of sp³-hybridized carbons (Fsp3) is 0.0526. The lowest BCUT2D eigenvalue weighted by atomic mass is 10.1. The highest BCUT2D eigenvalue weighted by Crippen LogP contribution is 2.20. The Morgan fingerprint density at radius 3 is 2.80 bits per heavy atom. The van der Waals surface area contributed by atoms with Crippen LogP contribution < -0.4 is 5.43 Å². The summed E-state index contributed by atoms with van der Waals surface area (Å²) in [6.07, 6.45) is 3.19. The maximum atomic E-state index is 12.1. The SMILES string of the molecule is O=C(CSc1nnnn1-c1ccc(Cl)cc1)NN=Cc1cn[nH]c1-c1ccccc1. The van der Waals surface area contributed by atoms with Crippen molar-refractivity contribution in [1.29, 1.82) is 0 Å². The van der Waals surface area contributed by atoms with Gasteiger partial charge in [-0.25, -0.2) is 5.43 Å². The van der Waals surface area contributed by atoms with Crippen LogP contribution in [-0.4, -0.2) is 48.3 Å². The van der Waals surface area contributed by atoms with Crippen molar-refractivity contribution in [1.82, 2.24) is 35.8 Å². The third kappa shape index (κ3) is 4.73. The van der Waals surface area contributed by atoms with Crippen LogP contribution in [0.5, 0.6) is 0 Å². The number of nitrogens with one attached hydrogen (secondary N) is 2. The van der Waals surface area contributed by atoms with E-state index >= 15 is 0 Å². The number of carbonyl (C=O) groups excluding carboxylic acids is 1. The summed E-state index contributed by atoms with van der Waals surface area (Å²) in [5.74, 6) is -0.186. The molecule has 2 N–H and O–H groups in total. The van der Waals surface area contributed by atoms with Crippen molar-refractivity contribution >= 4 is 35.5 Å². The number of aromatic nitrogens is 6. The van der Waals surface area contributed by atoms with E-state index in [1.165, 1.54) is 16.4 Å². The van der Waals surface area contributed by atoms with E-state index < -0.39 is 0 Å². The number of rotatable bonds is 7. The number of halogens is 1. The quantitative estimate of drug-likeness (QED) is 0.260. The van der Waals surface area contributed by atoms with Crippen LogP contribution in [0.4, 0.5) is 0 Å². The average molecular weight is 439 g/mol. The molecule has 2 aromatic heterocycles. The van der Waals surface area contributed by atoms with Crippen LogP contribution in [0.25, 0.3) is 16.9 Å². The van der Waals surface area contributed by atoms with Gasteiger partial charge >= 0.3 is 0 Å². The second-order valence-electron chi connectivity index (χ2n) is 6.00. The second-order valence-corrected chi connectivity index (χ2v) is 7.38. The lowest BCUT2D eigenvalue weighted by Crippen LogP contribution is -2.20. The van der Waals surface area contributed by atoms with Crippen molar-refractivity contribution in [3.8, 4) is 16.9 Å². The normalized spacial score (nSPS) is 11.1. The Morgan fingerprint density at radius 1 is 1.20 bits per heavy atom. The number of carbonyl (C=O) groups is 1. The van der Waals surface area contributed by atoms with Crippen molar-refractivity contribution < 1.29 is 4.79 Å². The third-order valence-corrected chi connectivity index (χ3v) is 5.14. The van der Waals surface area contributed by atoms with Gasteiger partial charge in [0.15, 0.2) is 0 Å². The van der Waals surface area contributed by atoms with Crippen molar-refractivity contribution in [3.63, 3.8) is 0 Å². The molecule has 4 rings (SSSR count). The van der Waals surface area contributed by atoms with E-state index in [1.807, 2.05) is 30.3 Å². The number of aromatic amines is 1. The summed E-state index contributed by atoms with van der Waals surface area (Å²) in [6.45, 7) is 0. The zero-order chi connectivity index (χ0) is 20.8. The van der Waals surface area contributed by atoms with Crippen LogP contribution in [0.1, 0.15) is 5.56 Å². The maximum absolute atomic E-state index is 12.1. The highest BCUT2D eigenvalue weighted by atomic mass is 35.5. The number of amides is 1. The van der Waals surface area contributed by atoms with Gasteiger partial charge in [-0.3, -0.25) is 9.89 Å². The summed E-state index contributed by atoms with van der Waals surface area (Å²) < 4.78 is 1.54. The summed E-state index contributed by atoms with van der Waals surface area (Å²) in [6, 6.07) is 16.8. The van der Waals surface area contributed by atoms with Gasteiger partial charge in [-0.15, -0.1) is 5.10 Å². The van der Waals surface area contributed by atoms with Gasteiger partial charge in [0.1, 0.15) is 0 Å². The molecule has 0 saturated heterocycles. The topological polar surface area (TPSA) is 114 Å². The number of hydrogen-bond donors (Lipinski definition) is 2. The van der Waals surface area contributed by atoms with E-state index in [2.05, 4.69) is 36.3 Å². The van der Waals surface area contributed by atoms with Crippen molar-refractivity contribution in [2.75, 3.05) is 5.75 Å². The molecular formula is C19H15ClN8OS. The van der Waals surface area contributed by atoms with Gasteiger partial charge in [-0.1, -0.05) is 53.7 Å². The number of hydrogen-bond acceptors (Lipinski definition) is 7. The van der Waals surface area contributed by atoms with Gasteiger partial charge in [0.2, 0.25) is 5.16 Å². The predicted molar refractivity (Wildman–Crippen MR) is 115 cm³/mol. The molecule has 0 fully saturated rings. The summed E-state index contributed by atoms with van der Waals surface area (Å²) in [4.78, 5) is 12.1. The summed E-state index contributed by atoms with van der Waals surface area (Å²) in [7, 11) is 0. The van der Waals surface area contributed by atoms with E-state index in [1.54, 1.807) is 36.7 Å². The van der Waals surface area contributed by atoms with Crippen LogP contribution in [-0.2, 0) is 4.79 Å². The molecule has 30 heavy (non-hydrogen) atoms. The molecule has 2 aromatic carbocycles. The Bertz CT molecular complexity index is 1160. The maximum Gasteiger partial charge on any atom is 0.250 e. The molecular weight excluding hydrogens is 424 g/mol. The average Bonchev–Trinajstić information content (AvgIpc) is 3.43. The van der Waals surface area contributed by atoms with Crippen molar-refractivity contribution in [2.45, 2.75) is 5.16 Å². The first kappa shape index (κ1) is 19.8. The summed E-state index contributed by atoms with van der Waals surface area (Å²) in [5.41, 5.74) is 5.82. The minimum Gasteiger partial charge on any atom is -0.277 e. The first-order valence-electron chi connectivity index (χ1n) is 8.78. The molecule has 11 heteroatoms. The highest BCUT2D eigenvalue weighted by Gasteiger charge is 2.11. The Balaban J connectivity index is 1.34. The Labute approximate surface area is 180 Å². The first-order chi connectivity index (χ1) is 14.7. The number of nitrogens with zero attached hydrogens (tertiary/aromatic N) is 6. The van der Waals surface area contributed by atoms with Gasteiger partial charge in [0.25, 0.3) is 5.91 Å². The highest BCUT2D eigenvalue weighted by molar-refractivity contribution is 7.99. The molecule has 4 aromatic rings. The van der Waals surface area contributed by atoms with Crippen LogP contribution in [0.2, 0.25) is 5.02 Å². The number of hydrazone groups is 1. The second kappa shape index (κ2) is 9.33. The van der Waals surface area contributed by atoms with Crippen LogP contribution in [0.3, 0.4) is 0 Å². The first-order valence-corrected chi connectivity index (χ1v) is 10.1. The molecule has 0 unspecified atom stereocenters. The minimum atomic E-state index is -0.285. The van der Waals surface area contributed by atoms with E-state index in [-0.39, 0.29) is 11.7 Å².